The van der Waals surface area contributed by atoms with Crippen molar-refractivity contribution < 1.29 is 4.74 Å². The summed E-state index contributed by atoms with van der Waals surface area (Å²) >= 11 is 0. The number of nitrogen functional groups attached to an aromatic ring is 1. The number of likely N-dealkylation sites (N-methyl/N-ethyl adjacent to an activating group) is 1. The van der Waals surface area contributed by atoms with Gasteiger partial charge in [0.2, 0.25) is 0 Å². The Hall–Kier alpha value is -1.80. The Kier molecular flexibility index (Phi) is 4.73. The van der Waals surface area contributed by atoms with Crippen LogP contribution in [0, 0.1) is 11.3 Å². The summed E-state index contributed by atoms with van der Waals surface area (Å²) in [5.74, 6) is 0.661. The average molecular weight is 234 g/mol. The van der Waals surface area contributed by atoms with Crippen LogP contribution in [0.2, 0.25) is 0 Å². The first-order valence-corrected chi connectivity index (χ1v) is 5.55. The number of hydrogen-bond acceptors (Lipinski definition) is 5. The van der Waals surface area contributed by atoms with Gasteiger partial charge in [0.25, 0.3) is 0 Å². The summed E-state index contributed by atoms with van der Waals surface area (Å²) in [7, 11) is 1.66. The van der Waals surface area contributed by atoms with Crippen LogP contribution in [0.15, 0.2) is 12.3 Å². The molecule has 2 N–H and O–H groups in total. The molecule has 0 spiro atoms. The van der Waals surface area contributed by atoms with Crippen molar-refractivity contribution in [3.63, 3.8) is 0 Å². The highest BCUT2D eigenvalue weighted by molar-refractivity contribution is 5.59. The molecule has 0 bridgehead atoms. The van der Waals surface area contributed by atoms with Gasteiger partial charge in [-0.25, -0.2) is 4.98 Å². The lowest BCUT2D eigenvalue weighted by molar-refractivity contribution is 0.181. The molecule has 5 nitrogen and oxygen atoms in total. The van der Waals surface area contributed by atoms with E-state index in [0.717, 1.165) is 6.54 Å². The Bertz CT molecular complexity index is 413. The molecule has 0 saturated carbocycles. The second kappa shape index (κ2) is 6.06. The minimum Gasteiger partial charge on any atom is -0.397 e. The summed E-state index contributed by atoms with van der Waals surface area (Å²) in [6, 6.07) is 3.93. The highest BCUT2D eigenvalue weighted by Gasteiger charge is 2.17. The van der Waals surface area contributed by atoms with Gasteiger partial charge in [-0.15, -0.1) is 0 Å². The lowest BCUT2D eigenvalue weighted by Crippen LogP contribution is -2.37. The maximum absolute atomic E-state index is 9.10. The highest BCUT2D eigenvalue weighted by atomic mass is 16.5. The van der Waals surface area contributed by atoms with Crippen molar-refractivity contribution in [1.29, 1.82) is 5.26 Å². The van der Waals surface area contributed by atoms with Gasteiger partial charge in [0, 0.05) is 13.7 Å². The Morgan fingerprint density at radius 3 is 2.88 bits per heavy atom. The summed E-state index contributed by atoms with van der Waals surface area (Å²) in [5.41, 5.74) is 6.62. The topological polar surface area (TPSA) is 75.2 Å². The van der Waals surface area contributed by atoms with Crippen LogP contribution < -0.4 is 10.6 Å². The van der Waals surface area contributed by atoms with Crippen molar-refractivity contribution >= 4 is 11.5 Å². The normalized spacial score (nSPS) is 11.9. The predicted molar refractivity (Wildman–Crippen MR) is 67.7 cm³/mol. The van der Waals surface area contributed by atoms with Gasteiger partial charge in [0.1, 0.15) is 11.9 Å². The molecule has 0 aliphatic rings. The van der Waals surface area contributed by atoms with Gasteiger partial charge in [-0.05, 0) is 19.9 Å². The molecule has 0 aromatic carbocycles. The van der Waals surface area contributed by atoms with Crippen LogP contribution in [0.3, 0.4) is 0 Å². The number of pyridine rings is 1. The molecule has 0 radical (unpaired) electrons. The lowest BCUT2D eigenvalue weighted by Gasteiger charge is -2.29. The van der Waals surface area contributed by atoms with Crippen molar-refractivity contribution in [2.24, 2.45) is 0 Å². The molecule has 1 aromatic rings. The monoisotopic (exact) mass is 234 g/mol. The second-order valence-electron chi connectivity index (χ2n) is 3.84. The van der Waals surface area contributed by atoms with E-state index in [0.29, 0.717) is 23.7 Å². The van der Waals surface area contributed by atoms with Crippen molar-refractivity contribution in [2.75, 3.05) is 30.9 Å². The predicted octanol–water partition coefficient (Wildman–Crippen LogP) is 1.40. The third-order valence-electron chi connectivity index (χ3n) is 2.56. The number of aromatic nitrogens is 1. The van der Waals surface area contributed by atoms with Crippen LogP contribution in [0.25, 0.3) is 0 Å². The van der Waals surface area contributed by atoms with E-state index >= 15 is 0 Å². The Labute approximate surface area is 102 Å². The number of rotatable bonds is 5. The molecule has 5 heteroatoms. The molecule has 0 saturated heterocycles. The molecular weight excluding hydrogens is 216 g/mol. The summed E-state index contributed by atoms with van der Waals surface area (Å²) < 4.78 is 5.13. The van der Waals surface area contributed by atoms with Crippen molar-refractivity contribution in [3.8, 4) is 6.07 Å². The Morgan fingerprint density at radius 2 is 2.35 bits per heavy atom. The summed E-state index contributed by atoms with van der Waals surface area (Å²) in [4.78, 5) is 6.28. The average Bonchev–Trinajstić information content (AvgIpc) is 2.32. The number of hydrogen-bond donors (Lipinski definition) is 1. The number of methoxy groups -OCH3 is 1. The van der Waals surface area contributed by atoms with Gasteiger partial charge in [0.05, 0.1) is 30.1 Å². The number of anilines is 2. The van der Waals surface area contributed by atoms with Crippen LogP contribution in [0.5, 0.6) is 0 Å². The van der Waals surface area contributed by atoms with E-state index in [-0.39, 0.29) is 6.04 Å². The third kappa shape index (κ3) is 3.08. The first-order valence-electron chi connectivity index (χ1n) is 5.55. The van der Waals surface area contributed by atoms with E-state index in [4.69, 9.17) is 15.7 Å². The zero-order valence-corrected chi connectivity index (χ0v) is 10.5. The van der Waals surface area contributed by atoms with Crippen molar-refractivity contribution in [1.82, 2.24) is 4.98 Å². The zero-order chi connectivity index (χ0) is 12.8. The molecule has 1 aromatic heterocycles. The standard InChI is InChI=1S/C12H18N4O/c1-4-16(9(2)8-17-3)12-10(6-13)5-11(14)7-15-12/h5,7,9H,4,8,14H2,1-3H3. The largest absolute Gasteiger partial charge is 0.397 e. The summed E-state index contributed by atoms with van der Waals surface area (Å²) in [6.07, 6.45) is 1.57. The van der Waals surface area contributed by atoms with Gasteiger partial charge in [0.15, 0.2) is 0 Å². The Morgan fingerprint density at radius 1 is 1.65 bits per heavy atom. The summed E-state index contributed by atoms with van der Waals surface area (Å²) in [5, 5.41) is 9.10. The van der Waals surface area contributed by atoms with Gasteiger partial charge in [-0.2, -0.15) is 5.26 Å². The van der Waals surface area contributed by atoms with E-state index in [1.807, 2.05) is 18.7 Å². The molecule has 1 rings (SSSR count). The molecule has 0 amide bonds. The molecule has 1 unspecified atom stereocenters. The first kappa shape index (κ1) is 13.3. The van der Waals surface area contributed by atoms with Crippen LogP contribution in [-0.2, 0) is 4.74 Å². The van der Waals surface area contributed by atoms with E-state index in [2.05, 4.69) is 11.1 Å². The van der Waals surface area contributed by atoms with Crippen molar-refractivity contribution in [3.05, 3.63) is 17.8 Å². The molecule has 17 heavy (non-hydrogen) atoms. The maximum atomic E-state index is 9.10. The number of nitrogens with two attached hydrogens (primary N) is 1. The van der Waals surface area contributed by atoms with Crippen LogP contribution in [0.1, 0.15) is 19.4 Å². The summed E-state index contributed by atoms with van der Waals surface area (Å²) in [6.45, 7) is 5.40. The fraction of sp³-hybridized carbons (Fsp3) is 0.500. The van der Waals surface area contributed by atoms with E-state index in [1.54, 1.807) is 19.4 Å². The van der Waals surface area contributed by atoms with Crippen LogP contribution in [-0.4, -0.2) is 31.3 Å². The fourth-order valence-electron chi connectivity index (χ4n) is 1.79. The second-order valence-corrected chi connectivity index (χ2v) is 3.84. The molecule has 1 heterocycles. The third-order valence-corrected chi connectivity index (χ3v) is 2.56. The smallest absolute Gasteiger partial charge is 0.146 e. The zero-order valence-electron chi connectivity index (χ0n) is 10.5. The van der Waals surface area contributed by atoms with Gasteiger partial charge < -0.3 is 15.4 Å². The maximum Gasteiger partial charge on any atom is 0.146 e. The molecule has 0 aliphatic carbocycles. The van der Waals surface area contributed by atoms with Crippen LogP contribution in [0.4, 0.5) is 11.5 Å². The molecule has 92 valence electrons. The molecule has 0 fully saturated rings. The molecule has 0 aliphatic heterocycles. The SMILES string of the molecule is CCN(c1ncc(N)cc1C#N)C(C)COC. The first-order chi connectivity index (χ1) is 8.13. The number of ether oxygens (including phenoxy) is 1. The highest BCUT2D eigenvalue weighted by Crippen LogP contribution is 2.21. The minimum atomic E-state index is 0.160. The molecule has 1 atom stereocenters. The van der Waals surface area contributed by atoms with Gasteiger partial charge >= 0.3 is 0 Å². The molecular formula is C12H18N4O. The van der Waals surface area contributed by atoms with Crippen molar-refractivity contribution in [2.45, 2.75) is 19.9 Å². The van der Waals surface area contributed by atoms with Gasteiger partial charge in [-0.3, -0.25) is 0 Å². The number of nitriles is 1. The van der Waals surface area contributed by atoms with Crippen LogP contribution >= 0.6 is 0 Å². The fourth-order valence-corrected chi connectivity index (χ4v) is 1.79. The lowest BCUT2D eigenvalue weighted by atomic mass is 10.2. The van der Waals surface area contributed by atoms with E-state index in [9.17, 15) is 0 Å². The minimum absolute atomic E-state index is 0.160. The van der Waals surface area contributed by atoms with E-state index < -0.39 is 0 Å². The Balaban J connectivity index is 3.08. The number of nitrogens with zero attached hydrogens (tertiary/aromatic N) is 3. The quantitative estimate of drug-likeness (QED) is 0.833. The van der Waals surface area contributed by atoms with E-state index in [1.165, 1.54) is 0 Å². The van der Waals surface area contributed by atoms with Gasteiger partial charge in [-0.1, -0.05) is 0 Å².